The van der Waals surface area contributed by atoms with E-state index in [9.17, 15) is 4.79 Å². The summed E-state index contributed by atoms with van der Waals surface area (Å²) >= 11 is 0. The monoisotopic (exact) mass is 339 g/mol. The fraction of sp³-hybridized carbons (Fsp3) is 0.526. The van der Waals surface area contributed by atoms with Gasteiger partial charge < -0.3 is 4.90 Å². The summed E-state index contributed by atoms with van der Waals surface area (Å²) in [5, 5.41) is 4.24. The molecule has 2 fully saturated rings. The predicted octanol–water partition coefficient (Wildman–Crippen LogP) is 2.35. The van der Waals surface area contributed by atoms with E-state index in [0.29, 0.717) is 6.54 Å². The van der Waals surface area contributed by atoms with Gasteiger partial charge in [-0.15, -0.1) is 0 Å². The number of nitrogens with zero attached hydrogens (tertiary/aromatic N) is 5. The van der Waals surface area contributed by atoms with Gasteiger partial charge in [0.15, 0.2) is 0 Å². The van der Waals surface area contributed by atoms with Gasteiger partial charge >= 0.3 is 0 Å². The molecule has 6 nitrogen and oxygen atoms in total. The fourth-order valence-corrected chi connectivity index (χ4v) is 3.95. The number of carbonyl (C=O) groups excluding carboxylic acids is 1. The maximum Gasteiger partial charge on any atom is 0.253 e. The predicted molar refractivity (Wildman–Crippen MR) is 95.1 cm³/mol. The van der Waals surface area contributed by atoms with Crippen LogP contribution in [0.15, 0.2) is 36.9 Å². The molecule has 3 heterocycles. The van der Waals surface area contributed by atoms with Crippen molar-refractivity contribution in [3.05, 3.63) is 48.0 Å². The van der Waals surface area contributed by atoms with Gasteiger partial charge in [-0.2, -0.15) is 5.10 Å². The van der Waals surface area contributed by atoms with Gasteiger partial charge in [-0.1, -0.05) is 12.1 Å². The largest absolute Gasteiger partial charge is 0.337 e. The van der Waals surface area contributed by atoms with E-state index in [0.717, 1.165) is 31.5 Å². The summed E-state index contributed by atoms with van der Waals surface area (Å²) in [4.78, 5) is 21.4. The third-order valence-corrected chi connectivity index (χ3v) is 5.27. The molecule has 0 unspecified atom stereocenters. The van der Waals surface area contributed by atoms with Crippen molar-refractivity contribution < 1.29 is 4.79 Å². The first-order valence-electron chi connectivity index (χ1n) is 9.24. The van der Waals surface area contributed by atoms with Gasteiger partial charge in [-0.05, 0) is 56.5 Å². The molecule has 2 aliphatic rings. The molecule has 2 aromatic rings. The molecule has 25 heavy (non-hydrogen) atoms. The fourth-order valence-electron chi connectivity index (χ4n) is 3.95. The number of likely N-dealkylation sites (tertiary alicyclic amines) is 2. The Bertz CT molecular complexity index is 708. The molecule has 0 N–H and O–H groups in total. The Balaban J connectivity index is 1.44. The van der Waals surface area contributed by atoms with Crippen LogP contribution in [0.3, 0.4) is 0 Å². The molecule has 0 saturated carbocycles. The van der Waals surface area contributed by atoms with Crippen LogP contribution in [0.1, 0.15) is 47.6 Å². The summed E-state index contributed by atoms with van der Waals surface area (Å²) in [5.74, 6) is 0.132. The smallest absolute Gasteiger partial charge is 0.253 e. The molecule has 1 aromatic carbocycles. The normalized spacial score (nSPS) is 21.6. The van der Waals surface area contributed by atoms with E-state index in [4.69, 9.17) is 0 Å². The number of hydrogen-bond acceptors (Lipinski definition) is 4. The summed E-state index contributed by atoms with van der Waals surface area (Å²) in [5.41, 5.74) is 2.04. The molecule has 1 aromatic heterocycles. The summed E-state index contributed by atoms with van der Waals surface area (Å²) in [6, 6.07) is 8.38. The van der Waals surface area contributed by atoms with E-state index in [1.54, 1.807) is 12.7 Å². The highest BCUT2D eigenvalue weighted by Crippen LogP contribution is 2.22. The zero-order valence-corrected chi connectivity index (χ0v) is 14.5. The van der Waals surface area contributed by atoms with Crippen LogP contribution >= 0.6 is 0 Å². The summed E-state index contributed by atoms with van der Waals surface area (Å²) in [7, 11) is 0. The van der Waals surface area contributed by atoms with E-state index < -0.39 is 0 Å². The molecular weight excluding hydrogens is 314 g/mol. The first-order chi connectivity index (χ1) is 12.3. The van der Waals surface area contributed by atoms with Gasteiger partial charge in [0, 0.05) is 25.2 Å². The van der Waals surface area contributed by atoms with Crippen molar-refractivity contribution >= 4 is 5.91 Å². The maximum atomic E-state index is 13.0. The van der Waals surface area contributed by atoms with E-state index >= 15 is 0 Å². The summed E-state index contributed by atoms with van der Waals surface area (Å²) in [6.45, 7) is 4.81. The van der Waals surface area contributed by atoms with Crippen molar-refractivity contribution in [2.45, 2.75) is 38.3 Å². The molecule has 2 aliphatic heterocycles. The molecule has 0 bridgehead atoms. The van der Waals surface area contributed by atoms with Crippen LogP contribution in [-0.4, -0.2) is 56.7 Å². The van der Waals surface area contributed by atoms with Crippen molar-refractivity contribution in [2.75, 3.05) is 26.2 Å². The number of piperidine rings is 1. The molecule has 0 spiro atoms. The average molecular weight is 339 g/mol. The van der Waals surface area contributed by atoms with Gasteiger partial charge in [0.25, 0.3) is 5.91 Å². The average Bonchev–Trinajstić information content (AvgIpc) is 3.35. The molecule has 4 rings (SSSR count). The van der Waals surface area contributed by atoms with E-state index in [-0.39, 0.29) is 11.9 Å². The van der Waals surface area contributed by atoms with Crippen molar-refractivity contribution in [1.29, 1.82) is 0 Å². The van der Waals surface area contributed by atoms with E-state index in [1.807, 2.05) is 21.7 Å². The van der Waals surface area contributed by atoms with E-state index in [2.05, 4.69) is 27.1 Å². The summed E-state index contributed by atoms with van der Waals surface area (Å²) in [6.07, 6.45) is 7.93. The van der Waals surface area contributed by atoms with Gasteiger partial charge in [0.05, 0.1) is 6.04 Å². The third-order valence-electron chi connectivity index (χ3n) is 5.27. The Morgan fingerprint density at radius 1 is 1.16 bits per heavy atom. The Hall–Kier alpha value is -2.21. The molecule has 6 heteroatoms. The highest BCUT2D eigenvalue weighted by molar-refractivity contribution is 5.94. The van der Waals surface area contributed by atoms with Gasteiger partial charge in [0.1, 0.15) is 12.7 Å². The van der Waals surface area contributed by atoms with Crippen LogP contribution in [0.4, 0.5) is 0 Å². The SMILES string of the molecule is O=C(c1cccc(CN2CCCC2)c1)N1CCC[C@H](n2cncn2)C1. The molecular formula is C19H25N5O. The molecule has 0 aliphatic carbocycles. The Labute approximate surface area is 148 Å². The lowest BCUT2D eigenvalue weighted by molar-refractivity contribution is 0.0672. The molecule has 1 amide bonds. The van der Waals surface area contributed by atoms with Crippen LogP contribution in [0.2, 0.25) is 0 Å². The molecule has 0 radical (unpaired) electrons. The van der Waals surface area contributed by atoms with Crippen LogP contribution < -0.4 is 0 Å². The van der Waals surface area contributed by atoms with Gasteiger partial charge in [-0.3, -0.25) is 9.69 Å². The van der Waals surface area contributed by atoms with Crippen molar-refractivity contribution in [3.8, 4) is 0 Å². The van der Waals surface area contributed by atoms with Crippen LogP contribution in [0.5, 0.6) is 0 Å². The van der Waals surface area contributed by atoms with Gasteiger partial charge in [-0.25, -0.2) is 9.67 Å². The number of aromatic nitrogens is 3. The zero-order chi connectivity index (χ0) is 17.1. The van der Waals surface area contributed by atoms with Crippen molar-refractivity contribution in [1.82, 2.24) is 24.6 Å². The Morgan fingerprint density at radius 3 is 2.84 bits per heavy atom. The van der Waals surface area contributed by atoms with Crippen molar-refractivity contribution in [3.63, 3.8) is 0 Å². The standard InChI is InChI=1S/C19H25N5O/c25-19(23-10-4-7-18(13-23)24-15-20-14-21-24)17-6-3-5-16(11-17)12-22-8-1-2-9-22/h3,5-6,11,14-15,18H,1-2,4,7-10,12-13H2/t18-/m0/s1. The topological polar surface area (TPSA) is 54.3 Å². The minimum Gasteiger partial charge on any atom is -0.337 e. The van der Waals surface area contributed by atoms with Gasteiger partial charge in [0.2, 0.25) is 0 Å². The number of amides is 1. The van der Waals surface area contributed by atoms with Crippen LogP contribution in [-0.2, 0) is 6.54 Å². The molecule has 1 atom stereocenters. The zero-order valence-electron chi connectivity index (χ0n) is 14.5. The van der Waals surface area contributed by atoms with Crippen molar-refractivity contribution in [2.24, 2.45) is 0 Å². The summed E-state index contributed by atoms with van der Waals surface area (Å²) < 4.78 is 1.88. The number of benzene rings is 1. The molecule has 132 valence electrons. The molecule has 2 saturated heterocycles. The number of hydrogen-bond donors (Lipinski definition) is 0. The second kappa shape index (κ2) is 7.35. The minimum atomic E-state index is 0.132. The Morgan fingerprint density at radius 2 is 2.04 bits per heavy atom. The number of rotatable bonds is 4. The minimum absolute atomic E-state index is 0.132. The first kappa shape index (κ1) is 16.3. The number of carbonyl (C=O) groups is 1. The lowest BCUT2D eigenvalue weighted by Gasteiger charge is -2.32. The highest BCUT2D eigenvalue weighted by Gasteiger charge is 2.26. The Kier molecular flexibility index (Phi) is 4.78. The van der Waals surface area contributed by atoms with E-state index in [1.165, 1.54) is 31.5 Å². The lowest BCUT2D eigenvalue weighted by Crippen LogP contribution is -2.40. The third kappa shape index (κ3) is 3.74. The quantitative estimate of drug-likeness (QED) is 0.858. The lowest BCUT2D eigenvalue weighted by atomic mass is 10.0. The maximum absolute atomic E-state index is 13.0. The second-order valence-corrected chi connectivity index (χ2v) is 7.11. The second-order valence-electron chi connectivity index (χ2n) is 7.11. The van der Waals surface area contributed by atoms with Crippen LogP contribution in [0.25, 0.3) is 0 Å². The first-order valence-corrected chi connectivity index (χ1v) is 9.24. The highest BCUT2D eigenvalue weighted by atomic mass is 16.2. The van der Waals surface area contributed by atoms with Crippen LogP contribution in [0, 0.1) is 0 Å².